The predicted molar refractivity (Wildman–Crippen MR) is 133 cm³/mol. The van der Waals surface area contributed by atoms with Gasteiger partial charge < -0.3 is 14.4 Å². The summed E-state index contributed by atoms with van der Waals surface area (Å²) in [6.45, 7) is 0. The Hall–Kier alpha value is -3.11. The predicted octanol–water partition coefficient (Wildman–Crippen LogP) is 5.01. The Morgan fingerprint density at radius 2 is 1.62 bits per heavy atom. The highest BCUT2D eigenvalue weighted by Crippen LogP contribution is 2.39. The van der Waals surface area contributed by atoms with E-state index in [9.17, 15) is 14.4 Å². The van der Waals surface area contributed by atoms with E-state index in [1.54, 1.807) is 19.2 Å². The van der Waals surface area contributed by atoms with Crippen LogP contribution in [0.3, 0.4) is 0 Å². The first-order chi connectivity index (χ1) is 16.4. The average Bonchev–Trinajstić information content (AvgIpc) is 3.67. The molecule has 2 fully saturated rings. The van der Waals surface area contributed by atoms with Crippen molar-refractivity contribution in [2.24, 2.45) is 7.05 Å². The van der Waals surface area contributed by atoms with Crippen LogP contribution in [0.15, 0.2) is 41.2 Å². The Labute approximate surface area is 203 Å². The van der Waals surface area contributed by atoms with Crippen LogP contribution in [-0.2, 0) is 7.05 Å². The topological polar surface area (TPSA) is 65.2 Å². The number of aryl methyl sites for hydroxylation is 1. The van der Waals surface area contributed by atoms with Crippen molar-refractivity contribution in [1.29, 1.82) is 5.26 Å². The van der Waals surface area contributed by atoms with Crippen LogP contribution < -0.4 is 15.4 Å². The number of nitrogens with zero attached hydrogens (tertiary/aromatic N) is 5. The van der Waals surface area contributed by atoms with E-state index >= 15 is 0 Å². The lowest BCUT2D eigenvalue weighted by Gasteiger charge is -2.42. The van der Waals surface area contributed by atoms with Gasteiger partial charge in [-0.15, -0.1) is 0 Å². The van der Waals surface area contributed by atoms with E-state index < -0.39 is 0 Å². The molecule has 8 heteroatoms. The fraction of sp³-hybridized carbons (Fsp3) is 0.423. The van der Waals surface area contributed by atoms with Gasteiger partial charge in [0.2, 0.25) is 0 Å². The van der Waals surface area contributed by atoms with Crippen LogP contribution in [0.4, 0.5) is 15.8 Å². The summed E-state index contributed by atoms with van der Waals surface area (Å²) in [4.78, 5) is 22.0. The minimum absolute atomic E-state index is 0.0975. The monoisotopic (exact) mass is 479 g/mol. The number of pyridine rings is 2. The van der Waals surface area contributed by atoms with Crippen LogP contribution in [0.5, 0.6) is 0 Å². The molecule has 1 aromatic carbocycles. The van der Waals surface area contributed by atoms with Crippen LogP contribution in [0.2, 0.25) is 5.15 Å². The molecule has 176 valence electrons. The van der Waals surface area contributed by atoms with Gasteiger partial charge in [-0.05, 0) is 74.9 Å². The first-order valence-electron chi connectivity index (χ1n) is 11.7. The summed E-state index contributed by atoms with van der Waals surface area (Å²) in [6, 6.07) is 13.5. The Morgan fingerprint density at radius 3 is 2.21 bits per heavy atom. The second-order valence-electron chi connectivity index (χ2n) is 9.39. The van der Waals surface area contributed by atoms with Gasteiger partial charge in [0.05, 0.1) is 11.2 Å². The second-order valence-corrected chi connectivity index (χ2v) is 9.78. The molecule has 0 aliphatic heterocycles. The fourth-order valence-electron chi connectivity index (χ4n) is 5.41. The van der Waals surface area contributed by atoms with Gasteiger partial charge in [0.15, 0.2) is 0 Å². The summed E-state index contributed by atoms with van der Waals surface area (Å²) >= 11 is 6.20. The second kappa shape index (κ2) is 8.92. The van der Waals surface area contributed by atoms with Gasteiger partial charge >= 0.3 is 0 Å². The highest BCUT2D eigenvalue weighted by Gasteiger charge is 2.37. The molecule has 2 saturated carbocycles. The standard InChI is InChI=1S/C26H27ClFN5O/c1-31(25-21(15-29)26(34)32(2)22-13-14-23(27)30-24(22)25)17-7-9-19(10-8-17)33(20-11-12-20)18-5-3-16(28)4-6-18/h3-6,13-14,17,19-20H,7-12H2,1-2H3/t17-,19+. The molecule has 0 spiro atoms. The van der Waals surface area contributed by atoms with E-state index in [4.69, 9.17) is 11.6 Å². The third-order valence-corrected chi connectivity index (χ3v) is 7.53. The molecule has 0 N–H and O–H groups in total. The van der Waals surface area contributed by atoms with E-state index in [-0.39, 0.29) is 23.0 Å². The first kappa shape index (κ1) is 22.7. The maximum Gasteiger partial charge on any atom is 0.270 e. The number of aromatic nitrogens is 2. The molecule has 0 saturated heterocycles. The fourth-order valence-corrected chi connectivity index (χ4v) is 5.55. The number of benzene rings is 1. The highest BCUT2D eigenvalue weighted by atomic mass is 35.5. The van der Waals surface area contributed by atoms with Gasteiger partial charge in [0, 0.05) is 37.9 Å². The maximum absolute atomic E-state index is 13.5. The molecule has 0 radical (unpaired) electrons. The zero-order valence-electron chi connectivity index (χ0n) is 19.3. The number of rotatable bonds is 5. The van der Waals surface area contributed by atoms with Gasteiger partial charge in [-0.2, -0.15) is 5.26 Å². The summed E-state index contributed by atoms with van der Waals surface area (Å²) in [5.41, 5.74) is 2.64. The molecule has 0 bridgehead atoms. The molecule has 2 heterocycles. The zero-order chi connectivity index (χ0) is 24.0. The lowest BCUT2D eigenvalue weighted by molar-refractivity contribution is 0.366. The smallest absolute Gasteiger partial charge is 0.270 e. The van der Waals surface area contributed by atoms with Crippen molar-refractivity contribution >= 4 is 34.0 Å². The maximum atomic E-state index is 13.5. The lowest BCUT2D eigenvalue weighted by Crippen LogP contribution is -2.44. The van der Waals surface area contributed by atoms with Crippen molar-refractivity contribution in [2.45, 2.75) is 56.7 Å². The van der Waals surface area contributed by atoms with Crippen molar-refractivity contribution in [2.75, 3.05) is 16.8 Å². The SMILES string of the molecule is Cn1c(=O)c(C#N)c(N(C)[C@H]2CC[C@@H](N(c3ccc(F)cc3)C3CC3)CC2)c2nc(Cl)ccc21. The third-order valence-electron chi connectivity index (χ3n) is 7.32. The molecule has 2 aromatic heterocycles. The molecule has 5 rings (SSSR count). The van der Waals surface area contributed by atoms with Gasteiger partial charge in [0.1, 0.15) is 28.1 Å². The average molecular weight is 480 g/mol. The van der Waals surface area contributed by atoms with E-state index in [1.807, 2.05) is 19.2 Å². The first-order valence-corrected chi connectivity index (χ1v) is 12.1. The molecule has 0 unspecified atom stereocenters. The largest absolute Gasteiger partial charge is 0.369 e. The molecule has 6 nitrogen and oxygen atoms in total. The van der Waals surface area contributed by atoms with E-state index in [1.165, 1.54) is 29.5 Å². The normalized spacial score (nSPS) is 20.2. The molecule has 0 atom stereocenters. The van der Waals surface area contributed by atoms with Gasteiger partial charge in [0.25, 0.3) is 5.56 Å². The van der Waals surface area contributed by atoms with Crippen LogP contribution in [0.25, 0.3) is 11.0 Å². The molecular weight excluding hydrogens is 453 g/mol. The third kappa shape index (κ3) is 4.01. The van der Waals surface area contributed by atoms with E-state index in [0.717, 1.165) is 31.4 Å². The quantitative estimate of drug-likeness (QED) is 0.481. The summed E-state index contributed by atoms with van der Waals surface area (Å²) in [5, 5.41) is 10.2. The molecule has 3 aromatic rings. The van der Waals surface area contributed by atoms with Crippen molar-refractivity contribution < 1.29 is 4.39 Å². The van der Waals surface area contributed by atoms with Gasteiger partial charge in [-0.3, -0.25) is 4.79 Å². The Bertz CT molecular complexity index is 1320. The molecular formula is C26H27ClFN5O. The van der Waals surface area contributed by atoms with Crippen LogP contribution in [-0.4, -0.2) is 34.7 Å². The number of hydrogen-bond donors (Lipinski definition) is 0. The van der Waals surface area contributed by atoms with Crippen LogP contribution in [0.1, 0.15) is 44.1 Å². The van der Waals surface area contributed by atoms with Crippen LogP contribution in [0, 0.1) is 17.1 Å². The summed E-state index contributed by atoms with van der Waals surface area (Å²) in [7, 11) is 3.60. The summed E-state index contributed by atoms with van der Waals surface area (Å²) in [6.07, 6.45) is 6.17. The number of fused-ring (bicyclic) bond motifs is 1. The Kier molecular flexibility index (Phi) is 5.95. The van der Waals surface area contributed by atoms with Crippen molar-refractivity contribution in [3.63, 3.8) is 0 Å². The zero-order valence-corrected chi connectivity index (χ0v) is 20.1. The molecule has 2 aliphatic carbocycles. The number of hydrogen-bond acceptors (Lipinski definition) is 5. The highest BCUT2D eigenvalue weighted by molar-refractivity contribution is 6.29. The van der Waals surface area contributed by atoms with E-state index in [2.05, 4.69) is 20.9 Å². The molecule has 0 amide bonds. The van der Waals surface area contributed by atoms with Gasteiger partial charge in [-0.25, -0.2) is 9.37 Å². The molecule has 2 aliphatic rings. The Morgan fingerprint density at radius 1 is 1.03 bits per heavy atom. The number of nitriles is 1. The summed E-state index contributed by atoms with van der Waals surface area (Å²) < 4.78 is 14.9. The Balaban J connectivity index is 1.42. The minimum Gasteiger partial charge on any atom is -0.369 e. The van der Waals surface area contributed by atoms with Crippen molar-refractivity contribution in [1.82, 2.24) is 9.55 Å². The number of anilines is 2. The van der Waals surface area contributed by atoms with Crippen LogP contribution >= 0.6 is 11.6 Å². The number of halogens is 2. The van der Waals surface area contributed by atoms with E-state index in [0.29, 0.717) is 34.0 Å². The minimum atomic E-state index is -0.328. The van der Waals surface area contributed by atoms with Crippen molar-refractivity contribution in [3.8, 4) is 6.07 Å². The van der Waals surface area contributed by atoms with Gasteiger partial charge in [-0.1, -0.05) is 11.6 Å². The summed E-state index contributed by atoms with van der Waals surface area (Å²) in [5.74, 6) is -0.215. The molecule has 34 heavy (non-hydrogen) atoms. The van der Waals surface area contributed by atoms with Crippen molar-refractivity contribution in [3.05, 3.63) is 63.3 Å². The lowest BCUT2D eigenvalue weighted by atomic mass is 9.88.